The molecule has 21 heavy (non-hydrogen) atoms. The second kappa shape index (κ2) is 6.01. The van der Waals surface area contributed by atoms with Crippen molar-refractivity contribution in [3.8, 4) is 0 Å². The van der Waals surface area contributed by atoms with Crippen LogP contribution in [0.15, 0.2) is 35.5 Å². The summed E-state index contributed by atoms with van der Waals surface area (Å²) in [4.78, 5) is 17.3. The van der Waals surface area contributed by atoms with E-state index in [4.69, 9.17) is 4.84 Å². The van der Waals surface area contributed by atoms with Gasteiger partial charge in [-0.3, -0.25) is 10.1 Å². The van der Waals surface area contributed by atoms with Crippen LogP contribution in [0.25, 0.3) is 0 Å². The summed E-state index contributed by atoms with van der Waals surface area (Å²) < 4.78 is 0. The molecule has 2 heterocycles. The number of hydrogen-bond donors (Lipinski definition) is 1. The van der Waals surface area contributed by atoms with Crippen LogP contribution in [-0.2, 0) is 16.1 Å². The molecule has 1 atom stereocenters. The largest absolute Gasteiger partial charge is 0.382 e. The van der Waals surface area contributed by atoms with Gasteiger partial charge in [-0.1, -0.05) is 53.7 Å². The van der Waals surface area contributed by atoms with E-state index < -0.39 is 6.10 Å². The third-order valence-corrected chi connectivity index (χ3v) is 4.05. The molecular formula is C14H14N4O2S. The van der Waals surface area contributed by atoms with E-state index in [1.165, 1.54) is 11.3 Å². The van der Waals surface area contributed by atoms with E-state index >= 15 is 0 Å². The van der Waals surface area contributed by atoms with Crippen molar-refractivity contribution < 1.29 is 9.63 Å². The molecule has 0 spiro atoms. The third kappa shape index (κ3) is 3.08. The van der Waals surface area contributed by atoms with Crippen molar-refractivity contribution in [2.45, 2.75) is 25.9 Å². The highest BCUT2D eigenvalue weighted by atomic mass is 32.1. The van der Waals surface area contributed by atoms with E-state index in [1.807, 2.05) is 37.3 Å². The molecule has 6 nitrogen and oxygen atoms in total. The summed E-state index contributed by atoms with van der Waals surface area (Å²) >= 11 is 1.37. The van der Waals surface area contributed by atoms with Crippen LogP contribution in [0, 0.1) is 0 Å². The van der Waals surface area contributed by atoms with Crippen molar-refractivity contribution in [2.75, 3.05) is 5.32 Å². The van der Waals surface area contributed by atoms with Crippen LogP contribution in [0.5, 0.6) is 0 Å². The van der Waals surface area contributed by atoms with Crippen LogP contribution in [-0.4, -0.2) is 27.9 Å². The van der Waals surface area contributed by atoms with E-state index in [9.17, 15) is 4.79 Å². The first-order chi connectivity index (χ1) is 10.3. The van der Waals surface area contributed by atoms with Crippen molar-refractivity contribution in [1.82, 2.24) is 10.2 Å². The maximum absolute atomic E-state index is 12.1. The lowest BCUT2D eigenvalue weighted by molar-refractivity contribution is -0.125. The quantitative estimate of drug-likeness (QED) is 0.939. The van der Waals surface area contributed by atoms with Gasteiger partial charge in [-0.05, 0) is 12.0 Å². The molecule has 1 aliphatic heterocycles. The Kier molecular flexibility index (Phi) is 3.92. The molecule has 1 aromatic carbocycles. The minimum absolute atomic E-state index is 0.247. The molecule has 3 rings (SSSR count). The number of oxime groups is 1. The molecule has 108 valence electrons. The Morgan fingerprint density at radius 1 is 1.38 bits per heavy atom. The van der Waals surface area contributed by atoms with Gasteiger partial charge in [-0.2, -0.15) is 0 Å². The van der Waals surface area contributed by atoms with Gasteiger partial charge in [0.15, 0.2) is 0 Å². The van der Waals surface area contributed by atoms with Crippen LogP contribution in [0.4, 0.5) is 5.13 Å². The zero-order valence-electron chi connectivity index (χ0n) is 11.4. The SMILES string of the molecule is CCc1nnc(NC(=O)[C@@H]2CC(c3ccccc3)=NO2)s1. The van der Waals surface area contributed by atoms with Crippen LogP contribution in [0.1, 0.15) is 23.9 Å². The average molecular weight is 302 g/mol. The summed E-state index contributed by atoms with van der Waals surface area (Å²) in [7, 11) is 0. The topological polar surface area (TPSA) is 76.5 Å². The van der Waals surface area contributed by atoms with Crippen molar-refractivity contribution >= 4 is 28.1 Å². The molecule has 0 fully saturated rings. The van der Waals surface area contributed by atoms with Gasteiger partial charge in [0.2, 0.25) is 11.2 Å². The number of aryl methyl sites for hydroxylation is 1. The molecule has 0 saturated carbocycles. The van der Waals surface area contributed by atoms with Crippen LogP contribution >= 0.6 is 11.3 Å². The first-order valence-electron chi connectivity index (χ1n) is 6.67. The summed E-state index contributed by atoms with van der Waals surface area (Å²) in [5.74, 6) is -0.247. The number of nitrogens with zero attached hydrogens (tertiary/aromatic N) is 3. The fourth-order valence-corrected chi connectivity index (χ4v) is 2.63. The summed E-state index contributed by atoms with van der Waals surface area (Å²) in [6.07, 6.45) is 0.637. The van der Waals surface area contributed by atoms with E-state index in [0.717, 1.165) is 22.7 Å². The van der Waals surface area contributed by atoms with Gasteiger partial charge in [0, 0.05) is 6.42 Å². The first kappa shape index (κ1) is 13.7. The molecule has 1 aromatic heterocycles. The molecular weight excluding hydrogens is 288 g/mol. The van der Waals surface area contributed by atoms with Gasteiger partial charge >= 0.3 is 0 Å². The van der Waals surface area contributed by atoms with Crippen molar-refractivity contribution in [3.05, 3.63) is 40.9 Å². The molecule has 1 aliphatic rings. The average Bonchev–Trinajstić information content (AvgIpc) is 3.17. The fraction of sp³-hybridized carbons (Fsp3) is 0.286. The van der Waals surface area contributed by atoms with Gasteiger partial charge < -0.3 is 4.84 Å². The number of anilines is 1. The predicted octanol–water partition coefficient (Wildman–Crippen LogP) is 2.23. The Morgan fingerprint density at radius 3 is 2.90 bits per heavy atom. The predicted molar refractivity (Wildman–Crippen MR) is 80.4 cm³/mol. The van der Waals surface area contributed by atoms with Gasteiger partial charge in [0.1, 0.15) is 5.01 Å². The highest BCUT2D eigenvalue weighted by Crippen LogP contribution is 2.20. The second-order valence-corrected chi connectivity index (χ2v) is 5.61. The molecule has 0 unspecified atom stereocenters. The molecule has 0 saturated heterocycles. The van der Waals surface area contributed by atoms with E-state index in [-0.39, 0.29) is 5.91 Å². The third-order valence-electron chi connectivity index (χ3n) is 3.07. The number of amides is 1. The van der Waals surface area contributed by atoms with Crippen LogP contribution in [0.3, 0.4) is 0 Å². The van der Waals surface area contributed by atoms with Crippen molar-refractivity contribution in [1.29, 1.82) is 0 Å². The number of carbonyl (C=O) groups is 1. The number of nitrogens with one attached hydrogen (secondary N) is 1. The molecule has 0 radical (unpaired) electrons. The summed E-state index contributed by atoms with van der Waals surface area (Å²) in [5, 5.41) is 16.0. The van der Waals surface area contributed by atoms with Gasteiger partial charge in [0.25, 0.3) is 5.91 Å². The lowest BCUT2D eigenvalue weighted by atomic mass is 10.1. The molecule has 2 aromatic rings. The van der Waals surface area contributed by atoms with Gasteiger partial charge in [0.05, 0.1) is 5.71 Å². The summed E-state index contributed by atoms with van der Waals surface area (Å²) in [6.45, 7) is 1.99. The van der Waals surface area contributed by atoms with Gasteiger partial charge in [-0.15, -0.1) is 10.2 Å². The number of benzene rings is 1. The maximum atomic E-state index is 12.1. The number of aromatic nitrogens is 2. The Labute approximate surface area is 125 Å². The Morgan fingerprint density at radius 2 is 2.19 bits per heavy atom. The maximum Gasteiger partial charge on any atom is 0.270 e. The molecule has 1 amide bonds. The molecule has 0 aliphatic carbocycles. The number of rotatable bonds is 4. The normalized spacial score (nSPS) is 17.2. The van der Waals surface area contributed by atoms with Crippen molar-refractivity contribution in [3.63, 3.8) is 0 Å². The number of hydrogen-bond acceptors (Lipinski definition) is 6. The van der Waals surface area contributed by atoms with Gasteiger partial charge in [-0.25, -0.2) is 0 Å². The summed E-state index contributed by atoms with van der Waals surface area (Å²) in [6, 6.07) is 9.68. The van der Waals surface area contributed by atoms with Crippen LogP contribution in [0.2, 0.25) is 0 Å². The first-order valence-corrected chi connectivity index (χ1v) is 7.49. The summed E-state index contributed by atoms with van der Waals surface area (Å²) in [5.41, 5.74) is 1.75. The Bertz CT molecular complexity index is 669. The van der Waals surface area contributed by atoms with Crippen LogP contribution < -0.4 is 5.32 Å². The molecule has 0 bridgehead atoms. The smallest absolute Gasteiger partial charge is 0.270 e. The highest BCUT2D eigenvalue weighted by molar-refractivity contribution is 7.15. The molecule has 1 N–H and O–H groups in total. The highest BCUT2D eigenvalue weighted by Gasteiger charge is 2.29. The Balaban J connectivity index is 1.61. The lowest BCUT2D eigenvalue weighted by Gasteiger charge is -2.06. The fourth-order valence-electron chi connectivity index (χ4n) is 1.95. The zero-order valence-corrected chi connectivity index (χ0v) is 12.3. The van der Waals surface area contributed by atoms with E-state index in [1.54, 1.807) is 0 Å². The minimum atomic E-state index is -0.616. The second-order valence-electron chi connectivity index (χ2n) is 4.55. The molecule has 7 heteroatoms. The Hall–Kier alpha value is -2.28. The van der Waals surface area contributed by atoms with Crippen molar-refractivity contribution in [2.24, 2.45) is 5.16 Å². The monoisotopic (exact) mass is 302 g/mol. The standard InChI is InChI=1S/C14H14N4O2S/c1-2-12-16-17-14(21-12)15-13(19)11-8-10(18-20-11)9-6-4-3-5-7-9/h3-7,11H,2,8H2,1H3,(H,15,17,19)/t11-/m0/s1. The minimum Gasteiger partial charge on any atom is -0.382 e. The number of carbonyl (C=O) groups excluding carboxylic acids is 1. The lowest BCUT2D eigenvalue weighted by Crippen LogP contribution is -2.28. The van der Waals surface area contributed by atoms with E-state index in [2.05, 4.69) is 20.7 Å². The van der Waals surface area contributed by atoms with E-state index in [0.29, 0.717) is 11.6 Å². The zero-order chi connectivity index (χ0) is 14.7.